The Morgan fingerprint density at radius 1 is 0.816 bits per heavy atom. The van der Waals surface area contributed by atoms with Crippen molar-refractivity contribution >= 4 is 28.8 Å². The molecular formula is C31H26N2O5. The van der Waals surface area contributed by atoms with Crippen LogP contribution >= 0.6 is 0 Å². The molecule has 2 aliphatic carbocycles. The van der Waals surface area contributed by atoms with E-state index in [1.807, 2.05) is 26.0 Å². The van der Waals surface area contributed by atoms with Crippen LogP contribution in [0.2, 0.25) is 0 Å². The number of nitrogens with zero attached hydrogens (tertiary/aromatic N) is 2. The van der Waals surface area contributed by atoms with E-state index in [-0.39, 0.29) is 40.8 Å². The molecule has 2 amide bonds. The molecule has 1 saturated carbocycles. The van der Waals surface area contributed by atoms with Crippen LogP contribution in [0.15, 0.2) is 84.5 Å². The molecule has 0 N–H and O–H groups in total. The predicted octanol–water partition coefficient (Wildman–Crippen LogP) is 5.64. The zero-order valence-corrected chi connectivity index (χ0v) is 21.3. The van der Waals surface area contributed by atoms with Gasteiger partial charge in [-0.05, 0) is 42.2 Å². The van der Waals surface area contributed by atoms with Gasteiger partial charge in [-0.1, -0.05) is 71.8 Å². The lowest BCUT2D eigenvalue weighted by Crippen LogP contribution is -2.33. The first-order valence-corrected chi connectivity index (χ1v) is 12.6. The van der Waals surface area contributed by atoms with Gasteiger partial charge in [-0.15, -0.1) is 0 Å². The molecule has 1 aliphatic heterocycles. The van der Waals surface area contributed by atoms with Gasteiger partial charge in [0.25, 0.3) is 5.69 Å². The minimum Gasteiger partial charge on any atom is -0.495 e. The Labute approximate surface area is 220 Å². The van der Waals surface area contributed by atoms with Gasteiger partial charge < -0.3 is 4.74 Å². The monoisotopic (exact) mass is 506 g/mol. The van der Waals surface area contributed by atoms with Gasteiger partial charge in [-0.2, -0.15) is 0 Å². The summed E-state index contributed by atoms with van der Waals surface area (Å²) in [4.78, 5) is 39.8. The third-order valence-electron chi connectivity index (χ3n) is 8.00. The van der Waals surface area contributed by atoms with Gasteiger partial charge in [0.2, 0.25) is 11.8 Å². The number of methoxy groups -OCH3 is 1. The van der Waals surface area contributed by atoms with Crippen LogP contribution in [0.25, 0.3) is 5.57 Å². The summed E-state index contributed by atoms with van der Waals surface area (Å²) in [6.07, 6.45) is 4.09. The fraction of sp³-hybridized carbons (Fsp3) is 0.226. The molecule has 6 rings (SSSR count). The van der Waals surface area contributed by atoms with E-state index in [0.29, 0.717) is 0 Å². The van der Waals surface area contributed by atoms with Crippen LogP contribution in [0.3, 0.4) is 0 Å². The number of aryl methyl sites for hydroxylation is 2. The van der Waals surface area contributed by atoms with Crippen LogP contribution in [0.4, 0.5) is 11.4 Å². The molecule has 2 bridgehead atoms. The number of amides is 2. The maximum Gasteiger partial charge on any atom is 0.271 e. The minimum atomic E-state index is -0.567. The molecule has 38 heavy (non-hydrogen) atoms. The van der Waals surface area contributed by atoms with Crippen molar-refractivity contribution in [3.63, 3.8) is 0 Å². The highest BCUT2D eigenvalue weighted by Gasteiger charge is 2.62. The predicted molar refractivity (Wildman–Crippen MR) is 144 cm³/mol. The van der Waals surface area contributed by atoms with Crippen LogP contribution in [-0.4, -0.2) is 23.8 Å². The van der Waals surface area contributed by atoms with Crippen molar-refractivity contribution in [2.75, 3.05) is 12.0 Å². The lowest BCUT2D eigenvalue weighted by atomic mass is 9.85. The van der Waals surface area contributed by atoms with E-state index in [1.54, 1.807) is 0 Å². The molecule has 7 nitrogen and oxygen atoms in total. The van der Waals surface area contributed by atoms with Gasteiger partial charge in [-0.25, -0.2) is 4.90 Å². The smallest absolute Gasteiger partial charge is 0.271 e. The normalized spacial score (nSPS) is 23.2. The summed E-state index contributed by atoms with van der Waals surface area (Å²) in [5.74, 6) is -2.07. The Morgan fingerprint density at radius 2 is 1.32 bits per heavy atom. The average Bonchev–Trinajstić information content (AvgIpc) is 3.55. The topological polar surface area (TPSA) is 89.8 Å². The van der Waals surface area contributed by atoms with Crippen molar-refractivity contribution in [1.82, 2.24) is 0 Å². The second-order valence-electron chi connectivity index (χ2n) is 10.2. The number of nitro benzene ring substituents is 1. The van der Waals surface area contributed by atoms with Gasteiger partial charge in [0.15, 0.2) is 0 Å². The molecule has 0 radical (unpaired) electrons. The van der Waals surface area contributed by atoms with E-state index >= 15 is 0 Å². The number of carbonyl (C=O) groups is 2. The van der Waals surface area contributed by atoms with E-state index in [1.165, 1.54) is 25.3 Å². The maximum atomic E-state index is 13.9. The second kappa shape index (κ2) is 8.80. The van der Waals surface area contributed by atoms with Crippen molar-refractivity contribution in [3.8, 4) is 5.75 Å². The summed E-state index contributed by atoms with van der Waals surface area (Å²) in [6, 6.07) is 20.6. The number of fused-ring (bicyclic) bond motifs is 5. The van der Waals surface area contributed by atoms with Gasteiger partial charge >= 0.3 is 0 Å². The second-order valence-corrected chi connectivity index (χ2v) is 10.2. The first-order chi connectivity index (χ1) is 18.3. The Kier molecular flexibility index (Phi) is 5.52. The zero-order chi connectivity index (χ0) is 26.7. The van der Waals surface area contributed by atoms with Crippen molar-refractivity contribution in [3.05, 3.63) is 117 Å². The van der Waals surface area contributed by atoms with Gasteiger partial charge in [0, 0.05) is 24.0 Å². The van der Waals surface area contributed by atoms with Gasteiger partial charge in [-0.3, -0.25) is 19.7 Å². The first-order valence-electron chi connectivity index (χ1n) is 12.6. The molecule has 0 spiro atoms. The fourth-order valence-electron chi connectivity index (χ4n) is 6.24. The lowest BCUT2D eigenvalue weighted by molar-refractivity contribution is -0.384. The average molecular weight is 507 g/mol. The number of anilines is 1. The number of ether oxygens (including phenoxy) is 1. The SMILES string of the molecule is COc1ccc([N+](=O)[O-])cc1N1C(=O)[C@@H]2[C@H](C1=O)[C@H]1C=C[C@H]2C1=C(c1ccc(C)cc1)c1ccc(C)cc1. The van der Waals surface area contributed by atoms with Gasteiger partial charge in [0.05, 0.1) is 23.9 Å². The number of allylic oxidation sites excluding steroid dienone is 3. The molecular weight excluding hydrogens is 480 g/mol. The molecule has 2 fully saturated rings. The highest BCUT2D eigenvalue weighted by molar-refractivity contribution is 6.24. The maximum absolute atomic E-state index is 13.9. The van der Waals surface area contributed by atoms with Crippen LogP contribution < -0.4 is 9.64 Å². The molecule has 3 aromatic rings. The van der Waals surface area contributed by atoms with E-state index < -0.39 is 16.8 Å². The number of carbonyl (C=O) groups excluding carboxylic acids is 2. The van der Waals surface area contributed by atoms with Gasteiger partial charge in [0.1, 0.15) is 11.4 Å². The molecule has 4 atom stereocenters. The minimum absolute atomic E-state index is 0.119. The molecule has 190 valence electrons. The lowest BCUT2D eigenvalue weighted by Gasteiger charge is -2.22. The number of benzene rings is 3. The third kappa shape index (κ3) is 3.49. The Bertz CT molecular complexity index is 1470. The number of hydrogen-bond donors (Lipinski definition) is 0. The summed E-state index contributed by atoms with van der Waals surface area (Å²) in [6.45, 7) is 4.09. The number of imide groups is 1. The van der Waals surface area contributed by atoms with E-state index in [9.17, 15) is 19.7 Å². The Balaban J connectivity index is 1.48. The number of hydrogen-bond acceptors (Lipinski definition) is 5. The molecule has 7 heteroatoms. The highest BCUT2D eigenvalue weighted by Crippen LogP contribution is 2.59. The third-order valence-corrected chi connectivity index (χ3v) is 8.00. The Hall–Kier alpha value is -4.52. The highest BCUT2D eigenvalue weighted by atomic mass is 16.6. The summed E-state index contributed by atoms with van der Waals surface area (Å²) < 4.78 is 5.38. The van der Waals surface area contributed by atoms with Crippen molar-refractivity contribution < 1.29 is 19.2 Å². The molecule has 3 aliphatic rings. The number of nitro groups is 1. The van der Waals surface area contributed by atoms with E-state index in [0.717, 1.165) is 38.3 Å². The summed E-state index contributed by atoms with van der Waals surface area (Å²) in [5.41, 5.74) is 6.45. The summed E-state index contributed by atoms with van der Waals surface area (Å²) in [7, 11) is 1.41. The van der Waals surface area contributed by atoms with Crippen molar-refractivity contribution in [2.45, 2.75) is 13.8 Å². The number of non-ortho nitro benzene ring substituents is 1. The van der Waals surface area contributed by atoms with E-state index in [2.05, 4.69) is 48.5 Å². The van der Waals surface area contributed by atoms with Crippen LogP contribution in [0.1, 0.15) is 22.3 Å². The van der Waals surface area contributed by atoms with Crippen LogP contribution in [-0.2, 0) is 9.59 Å². The van der Waals surface area contributed by atoms with Crippen molar-refractivity contribution in [2.24, 2.45) is 23.7 Å². The summed E-state index contributed by atoms with van der Waals surface area (Å²) in [5, 5.41) is 11.4. The molecule has 3 aromatic carbocycles. The van der Waals surface area contributed by atoms with E-state index in [4.69, 9.17) is 4.74 Å². The first kappa shape index (κ1) is 23.9. The number of rotatable bonds is 5. The largest absolute Gasteiger partial charge is 0.495 e. The zero-order valence-electron chi connectivity index (χ0n) is 21.3. The fourth-order valence-corrected chi connectivity index (χ4v) is 6.24. The standard InChI is InChI=1S/C31H26N2O5/c1-17-4-8-19(9-5-17)26(20-10-6-18(2)7-11-20)27-22-13-14-23(27)29-28(22)30(34)32(31(29)35)24-16-21(33(36)37)12-15-25(24)38-3/h4-16,22-23,28-29H,1-3H3/t22-,23-,28-,29+/m0/s1. The van der Waals surface area contributed by atoms with Crippen LogP contribution in [0.5, 0.6) is 5.75 Å². The quantitative estimate of drug-likeness (QED) is 0.193. The van der Waals surface area contributed by atoms with Crippen molar-refractivity contribution in [1.29, 1.82) is 0 Å². The van der Waals surface area contributed by atoms with Crippen LogP contribution in [0, 0.1) is 47.6 Å². The molecule has 1 heterocycles. The molecule has 1 saturated heterocycles. The summed E-state index contributed by atoms with van der Waals surface area (Å²) >= 11 is 0. The molecule has 0 unspecified atom stereocenters. The Morgan fingerprint density at radius 3 is 1.76 bits per heavy atom. The molecule has 0 aromatic heterocycles.